The molecule has 0 aromatic heterocycles. The van der Waals surface area contributed by atoms with Gasteiger partial charge in [0.2, 0.25) is 0 Å². The molecule has 1 saturated carbocycles. The zero-order valence-corrected chi connectivity index (χ0v) is 13.5. The van der Waals surface area contributed by atoms with Gasteiger partial charge in [-0.1, -0.05) is 26.0 Å². The summed E-state index contributed by atoms with van der Waals surface area (Å²) in [7, 11) is 0. The van der Waals surface area contributed by atoms with Gasteiger partial charge in [0.1, 0.15) is 18.5 Å². The normalized spacial score (nSPS) is 18.0. The first-order valence-electron chi connectivity index (χ1n) is 9.12. The van der Waals surface area contributed by atoms with Crippen molar-refractivity contribution < 1.29 is 17.3 Å². The lowest BCUT2D eigenvalue weighted by Crippen LogP contribution is -2.35. The molecule has 2 rings (SSSR count). The summed E-state index contributed by atoms with van der Waals surface area (Å²) in [5, 5.41) is 12.7. The highest BCUT2D eigenvalue weighted by Crippen LogP contribution is 2.28. The molecule has 0 bridgehead atoms. The van der Waals surface area contributed by atoms with Gasteiger partial charge in [-0.25, -0.2) is 0 Å². The van der Waals surface area contributed by atoms with Crippen LogP contribution in [0, 0.1) is 5.92 Å². The molecule has 1 unspecified atom stereocenters. The topological polar surface area (TPSA) is 50.7 Å². The van der Waals surface area contributed by atoms with Crippen molar-refractivity contribution in [1.29, 1.82) is 0 Å². The van der Waals surface area contributed by atoms with Gasteiger partial charge in [0.25, 0.3) is 0 Å². The van der Waals surface area contributed by atoms with Crippen molar-refractivity contribution in [2.24, 2.45) is 5.92 Å². The minimum atomic E-state index is -1.88. The van der Waals surface area contributed by atoms with Gasteiger partial charge in [-0.05, 0) is 42.9 Å². The fourth-order valence-corrected chi connectivity index (χ4v) is 1.96. The molecule has 22 heavy (non-hydrogen) atoms. The first kappa shape index (κ1) is 14.5. The summed E-state index contributed by atoms with van der Waals surface area (Å²) in [5.74, 6) is 1.41. The van der Waals surface area contributed by atoms with Crippen LogP contribution in [0.25, 0.3) is 0 Å². The van der Waals surface area contributed by atoms with E-state index in [1.165, 1.54) is 18.4 Å². The van der Waals surface area contributed by atoms with Crippen LogP contribution in [-0.4, -0.2) is 43.6 Å². The molecule has 1 aliphatic carbocycles. The number of ether oxygens (including phenoxy) is 2. The second kappa shape index (κ2) is 9.13. The van der Waals surface area contributed by atoms with Crippen LogP contribution >= 0.6 is 0 Å². The number of hydrogen-bond donors (Lipinski definition) is 2. The average molecular weight is 309 g/mol. The number of rotatable bonds is 11. The third-order valence-electron chi connectivity index (χ3n) is 3.46. The predicted molar refractivity (Wildman–Crippen MR) is 88.3 cm³/mol. The molecule has 1 aromatic rings. The largest absolute Gasteiger partial charge is 0.491 e. The van der Waals surface area contributed by atoms with Gasteiger partial charge in [0.05, 0.1) is 6.61 Å². The van der Waals surface area contributed by atoms with Crippen molar-refractivity contribution in [3.05, 3.63) is 29.8 Å². The first-order chi connectivity index (χ1) is 11.4. The fourth-order valence-electron chi connectivity index (χ4n) is 1.96. The molecule has 1 aromatic carbocycles. The van der Waals surface area contributed by atoms with Crippen LogP contribution in [0.3, 0.4) is 0 Å². The number of hydrogen-bond acceptors (Lipinski definition) is 4. The van der Waals surface area contributed by atoms with E-state index in [9.17, 15) is 5.11 Å². The van der Waals surface area contributed by atoms with Crippen molar-refractivity contribution >= 4 is 0 Å². The second-order valence-corrected chi connectivity index (χ2v) is 6.18. The van der Waals surface area contributed by atoms with E-state index in [4.69, 9.17) is 12.2 Å². The van der Waals surface area contributed by atoms with Crippen molar-refractivity contribution in [3.63, 3.8) is 0 Å². The van der Waals surface area contributed by atoms with Crippen molar-refractivity contribution in [1.82, 2.24) is 5.32 Å². The predicted octanol–water partition coefficient (Wildman–Crippen LogP) is 2.39. The molecule has 124 valence electrons. The average Bonchev–Trinajstić information content (AvgIpc) is 3.33. The summed E-state index contributed by atoms with van der Waals surface area (Å²) in [6.07, 6.45) is 2.25. The first-order valence-corrected chi connectivity index (χ1v) is 8.12. The van der Waals surface area contributed by atoms with E-state index in [1.54, 1.807) is 0 Å². The van der Waals surface area contributed by atoms with E-state index in [-0.39, 0.29) is 12.6 Å². The molecule has 4 nitrogen and oxygen atoms in total. The lowest BCUT2D eigenvalue weighted by atomic mass is 10.1. The molecule has 0 amide bonds. The SMILES string of the molecule is [2H]C([2H])(NC(C)C)C(O)COc1ccc(CCOCC2CC2)cc1. The van der Waals surface area contributed by atoms with Crippen LogP contribution < -0.4 is 10.1 Å². The minimum Gasteiger partial charge on any atom is -0.491 e. The Labute approximate surface area is 136 Å². The summed E-state index contributed by atoms with van der Waals surface area (Å²) in [4.78, 5) is 0. The zero-order chi connectivity index (χ0) is 17.6. The van der Waals surface area contributed by atoms with Crippen molar-refractivity contribution in [2.45, 2.75) is 45.3 Å². The summed E-state index contributed by atoms with van der Waals surface area (Å²) >= 11 is 0. The smallest absolute Gasteiger partial charge is 0.119 e. The standard InChI is InChI=1S/C18H29NO3/c1-14(2)19-11-17(20)13-22-18-7-5-15(6-8-18)9-10-21-12-16-3-4-16/h5-8,14,16-17,19-20H,3-4,9-13H2,1-2H3/i11D2. The van der Waals surface area contributed by atoms with Crippen LogP contribution in [0.4, 0.5) is 0 Å². The molecule has 4 heteroatoms. The molecular formula is C18H29NO3. The molecule has 1 atom stereocenters. The van der Waals surface area contributed by atoms with Crippen LogP contribution in [0.15, 0.2) is 24.3 Å². The fraction of sp³-hybridized carbons (Fsp3) is 0.667. The van der Waals surface area contributed by atoms with Gasteiger partial charge in [-0.2, -0.15) is 0 Å². The van der Waals surface area contributed by atoms with Crippen molar-refractivity contribution in [2.75, 3.05) is 26.3 Å². The molecule has 0 aliphatic heterocycles. The van der Waals surface area contributed by atoms with E-state index in [2.05, 4.69) is 5.32 Å². The molecule has 0 spiro atoms. The molecule has 2 N–H and O–H groups in total. The Morgan fingerprint density at radius 1 is 1.32 bits per heavy atom. The number of nitrogens with one attached hydrogen (secondary N) is 1. The molecule has 0 radical (unpaired) electrons. The van der Waals surface area contributed by atoms with E-state index < -0.39 is 12.6 Å². The molecule has 0 heterocycles. The number of aliphatic hydroxyl groups is 1. The number of benzene rings is 1. The van der Waals surface area contributed by atoms with Gasteiger partial charge in [0, 0.05) is 21.9 Å². The van der Waals surface area contributed by atoms with E-state index in [0.29, 0.717) is 5.75 Å². The summed E-state index contributed by atoms with van der Waals surface area (Å²) in [6.45, 7) is 3.29. The van der Waals surface area contributed by atoms with E-state index in [0.717, 1.165) is 25.6 Å². The highest BCUT2D eigenvalue weighted by molar-refractivity contribution is 5.27. The lowest BCUT2D eigenvalue weighted by molar-refractivity contribution is 0.104. The third-order valence-corrected chi connectivity index (χ3v) is 3.46. The van der Waals surface area contributed by atoms with Gasteiger partial charge >= 0.3 is 0 Å². The maximum Gasteiger partial charge on any atom is 0.119 e. The summed E-state index contributed by atoms with van der Waals surface area (Å²) in [5.41, 5.74) is 1.18. The van der Waals surface area contributed by atoms with Crippen LogP contribution in [-0.2, 0) is 11.2 Å². The highest BCUT2D eigenvalue weighted by atomic mass is 16.5. The van der Waals surface area contributed by atoms with Crippen molar-refractivity contribution in [3.8, 4) is 5.75 Å². The van der Waals surface area contributed by atoms with Gasteiger partial charge in [0.15, 0.2) is 0 Å². The zero-order valence-electron chi connectivity index (χ0n) is 15.5. The maximum absolute atomic E-state index is 9.96. The Morgan fingerprint density at radius 2 is 2.05 bits per heavy atom. The minimum absolute atomic E-state index is 0.0592. The highest BCUT2D eigenvalue weighted by Gasteiger charge is 2.20. The number of aliphatic hydroxyl groups excluding tert-OH is 1. The summed E-state index contributed by atoms with van der Waals surface area (Å²) in [6, 6.07) is 7.57. The molecule has 1 fully saturated rings. The van der Waals surface area contributed by atoms with Crippen LogP contribution in [0.1, 0.15) is 35.0 Å². The van der Waals surface area contributed by atoms with Gasteiger partial charge in [-0.15, -0.1) is 0 Å². The molecule has 0 saturated heterocycles. The molecular weight excluding hydrogens is 278 g/mol. The van der Waals surface area contributed by atoms with Crippen LogP contribution in [0.2, 0.25) is 0 Å². The van der Waals surface area contributed by atoms with Gasteiger partial charge in [-0.3, -0.25) is 0 Å². The maximum atomic E-state index is 9.96. The van der Waals surface area contributed by atoms with Gasteiger partial charge < -0.3 is 19.9 Å². The van der Waals surface area contributed by atoms with Crippen LogP contribution in [0.5, 0.6) is 5.75 Å². The quantitative estimate of drug-likeness (QED) is 0.616. The molecule has 1 aliphatic rings. The second-order valence-electron chi connectivity index (χ2n) is 6.18. The Balaban J connectivity index is 1.70. The Hall–Kier alpha value is -1.10. The monoisotopic (exact) mass is 309 g/mol. The lowest BCUT2D eigenvalue weighted by Gasteiger charge is -2.15. The Bertz CT molecular complexity index is 490. The third kappa shape index (κ3) is 7.25. The van der Waals surface area contributed by atoms with E-state index >= 15 is 0 Å². The Kier molecular flexibility index (Phi) is 6.01. The Morgan fingerprint density at radius 3 is 2.68 bits per heavy atom. The summed E-state index contributed by atoms with van der Waals surface area (Å²) < 4.78 is 26.7. The van der Waals surface area contributed by atoms with E-state index in [1.807, 2.05) is 38.1 Å².